The van der Waals surface area contributed by atoms with Crippen molar-refractivity contribution in [2.24, 2.45) is 0 Å². The van der Waals surface area contributed by atoms with E-state index < -0.39 is 0 Å². The first-order valence-electron chi connectivity index (χ1n) is 6.38. The van der Waals surface area contributed by atoms with Crippen LogP contribution in [-0.2, 0) is 4.79 Å². The fourth-order valence-corrected chi connectivity index (χ4v) is 1.86. The molecule has 0 radical (unpaired) electrons. The lowest BCUT2D eigenvalue weighted by molar-refractivity contribution is -0.128. The molecule has 20 heavy (non-hydrogen) atoms. The van der Waals surface area contributed by atoms with Crippen LogP contribution in [0.25, 0.3) is 11.0 Å². The minimum atomic E-state index is 0.0613. The van der Waals surface area contributed by atoms with E-state index in [1.54, 1.807) is 25.1 Å². The second kappa shape index (κ2) is 6.11. The number of hydrogen-bond acceptors (Lipinski definition) is 4. The van der Waals surface area contributed by atoms with Crippen molar-refractivity contribution in [1.82, 2.24) is 4.90 Å². The minimum Gasteiger partial charge on any atom is -0.488 e. The number of carbonyl (C=O) groups excluding carboxylic acids is 1. The van der Waals surface area contributed by atoms with Crippen molar-refractivity contribution in [2.45, 2.75) is 12.8 Å². The number of nitrogens with zero attached hydrogens (tertiary/aromatic N) is 2. The number of furan rings is 1. The fraction of sp³-hybridized carbons (Fsp3) is 0.333. The molecule has 0 fully saturated rings. The van der Waals surface area contributed by atoms with Crippen molar-refractivity contribution >= 4 is 16.9 Å². The molecule has 2 rings (SSSR count). The van der Waals surface area contributed by atoms with Gasteiger partial charge in [0.2, 0.25) is 11.7 Å². The first kappa shape index (κ1) is 13.9. The van der Waals surface area contributed by atoms with Crippen molar-refractivity contribution in [3.63, 3.8) is 0 Å². The molecule has 0 saturated carbocycles. The molecule has 0 aliphatic rings. The van der Waals surface area contributed by atoms with Crippen LogP contribution >= 0.6 is 0 Å². The van der Waals surface area contributed by atoms with Crippen molar-refractivity contribution in [1.29, 1.82) is 5.26 Å². The summed E-state index contributed by atoms with van der Waals surface area (Å²) in [4.78, 5) is 13.0. The molecule has 0 unspecified atom stereocenters. The van der Waals surface area contributed by atoms with Gasteiger partial charge in [0.15, 0.2) is 5.75 Å². The van der Waals surface area contributed by atoms with Gasteiger partial charge in [-0.2, -0.15) is 5.26 Å². The van der Waals surface area contributed by atoms with Crippen molar-refractivity contribution < 1.29 is 13.9 Å². The van der Waals surface area contributed by atoms with Crippen LogP contribution in [0.15, 0.2) is 28.7 Å². The molecule has 5 heteroatoms. The van der Waals surface area contributed by atoms with Gasteiger partial charge in [0.1, 0.15) is 11.7 Å². The van der Waals surface area contributed by atoms with Gasteiger partial charge in [-0.1, -0.05) is 12.1 Å². The van der Waals surface area contributed by atoms with Crippen LogP contribution in [0.1, 0.15) is 18.6 Å². The zero-order valence-electron chi connectivity index (χ0n) is 11.5. The second-order valence-corrected chi connectivity index (χ2v) is 4.61. The zero-order chi connectivity index (χ0) is 14.5. The summed E-state index contributed by atoms with van der Waals surface area (Å²) in [5, 5.41) is 9.83. The number of hydrogen-bond donors (Lipinski definition) is 0. The van der Waals surface area contributed by atoms with Crippen molar-refractivity contribution in [2.75, 3.05) is 20.7 Å². The number of nitriles is 1. The molecule has 1 heterocycles. The van der Waals surface area contributed by atoms with Crippen LogP contribution in [0.4, 0.5) is 0 Å². The minimum absolute atomic E-state index is 0.0613. The highest BCUT2D eigenvalue weighted by atomic mass is 16.5. The average Bonchev–Trinajstić information content (AvgIpc) is 2.81. The van der Waals surface area contributed by atoms with Gasteiger partial charge in [-0.3, -0.25) is 4.79 Å². The average molecular weight is 272 g/mol. The lowest BCUT2D eigenvalue weighted by Gasteiger charge is -2.10. The number of rotatable bonds is 5. The highest BCUT2D eigenvalue weighted by Gasteiger charge is 2.15. The highest BCUT2D eigenvalue weighted by molar-refractivity contribution is 5.86. The summed E-state index contributed by atoms with van der Waals surface area (Å²) >= 11 is 0. The fourth-order valence-electron chi connectivity index (χ4n) is 1.86. The van der Waals surface area contributed by atoms with E-state index in [1.165, 1.54) is 0 Å². The molecule has 104 valence electrons. The summed E-state index contributed by atoms with van der Waals surface area (Å²) in [6.07, 6.45) is 1.02. The Kier molecular flexibility index (Phi) is 4.26. The molecule has 0 N–H and O–H groups in total. The van der Waals surface area contributed by atoms with E-state index in [1.807, 2.05) is 24.3 Å². The van der Waals surface area contributed by atoms with E-state index in [0.29, 0.717) is 30.8 Å². The molecule has 0 aliphatic heterocycles. The van der Waals surface area contributed by atoms with Gasteiger partial charge in [0.25, 0.3) is 0 Å². The first-order valence-corrected chi connectivity index (χ1v) is 6.38. The molecule has 1 aromatic carbocycles. The van der Waals surface area contributed by atoms with E-state index >= 15 is 0 Å². The van der Waals surface area contributed by atoms with E-state index in [9.17, 15) is 4.79 Å². The first-order chi connectivity index (χ1) is 9.63. The van der Waals surface area contributed by atoms with E-state index in [0.717, 1.165) is 5.39 Å². The number of para-hydroxylation sites is 1. The van der Waals surface area contributed by atoms with Crippen LogP contribution in [0.5, 0.6) is 5.75 Å². The molecule has 5 nitrogen and oxygen atoms in total. The molecule has 2 aromatic rings. The lowest BCUT2D eigenvalue weighted by Crippen LogP contribution is -2.21. The smallest absolute Gasteiger partial charge is 0.246 e. The molecular formula is C15H16N2O3. The third-order valence-corrected chi connectivity index (χ3v) is 2.93. The number of benzene rings is 1. The molecule has 0 atom stereocenters. The van der Waals surface area contributed by atoms with Crippen LogP contribution in [0.3, 0.4) is 0 Å². The van der Waals surface area contributed by atoms with E-state index in [-0.39, 0.29) is 11.7 Å². The van der Waals surface area contributed by atoms with Crippen LogP contribution in [0.2, 0.25) is 0 Å². The Labute approximate surface area is 117 Å². The predicted octanol–water partition coefficient (Wildman–Crippen LogP) is 2.55. The second-order valence-electron chi connectivity index (χ2n) is 4.61. The maximum absolute atomic E-state index is 11.4. The normalized spacial score (nSPS) is 10.2. The van der Waals surface area contributed by atoms with Gasteiger partial charge in [-0.25, -0.2) is 0 Å². The number of carbonyl (C=O) groups is 1. The summed E-state index contributed by atoms with van der Waals surface area (Å²) in [6.45, 7) is 0.373. The van der Waals surface area contributed by atoms with Gasteiger partial charge >= 0.3 is 0 Å². The van der Waals surface area contributed by atoms with Gasteiger partial charge in [0, 0.05) is 20.5 Å². The van der Waals surface area contributed by atoms with Crippen LogP contribution in [0, 0.1) is 11.3 Å². The van der Waals surface area contributed by atoms with Crippen molar-refractivity contribution in [3.8, 4) is 11.8 Å². The molecular weight excluding hydrogens is 256 g/mol. The zero-order valence-corrected chi connectivity index (χ0v) is 11.5. The van der Waals surface area contributed by atoms with Gasteiger partial charge in [-0.15, -0.1) is 0 Å². The monoisotopic (exact) mass is 272 g/mol. The topological polar surface area (TPSA) is 66.5 Å². The van der Waals surface area contributed by atoms with E-state index in [4.69, 9.17) is 14.4 Å². The molecule has 1 aromatic heterocycles. The molecule has 0 aliphatic carbocycles. The Bertz CT molecular complexity index is 653. The summed E-state index contributed by atoms with van der Waals surface area (Å²) in [5.74, 6) is 0.691. The lowest BCUT2D eigenvalue weighted by atomic mass is 10.2. The number of fused-ring (bicyclic) bond motifs is 1. The largest absolute Gasteiger partial charge is 0.488 e. The SMILES string of the molecule is CN(C)C(=O)CCCOc1c(C#N)oc2ccccc12. The maximum atomic E-state index is 11.4. The summed E-state index contributed by atoms with van der Waals surface area (Å²) in [7, 11) is 3.45. The van der Waals surface area contributed by atoms with Gasteiger partial charge in [-0.05, 0) is 18.6 Å². The Hall–Kier alpha value is -2.48. The summed E-state index contributed by atoms with van der Waals surface area (Å²) < 4.78 is 11.0. The third kappa shape index (κ3) is 2.91. The van der Waals surface area contributed by atoms with E-state index in [2.05, 4.69) is 0 Å². The predicted molar refractivity (Wildman–Crippen MR) is 74.4 cm³/mol. The third-order valence-electron chi connectivity index (χ3n) is 2.93. The van der Waals surface area contributed by atoms with Gasteiger partial charge in [0.05, 0.1) is 12.0 Å². The molecule has 1 amide bonds. The Morgan fingerprint density at radius 1 is 1.40 bits per heavy atom. The van der Waals surface area contributed by atoms with Crippen LogP contribution in [-0.4, -0.2) is 31.5 Å². The number of ether oxygens (including phenoxy) is 1. The highest BCUT2D eigenvalue weighted by Crippen LogP contribution is 2.32. The number of amides is 1. The molecule has 0 saturated heterocycles. The maximum Gasteiger partial charge on any atom is 0.246 e. The Balaban J connectivity index is 2.03. The molecule has 0 bridgehead atoms. The Morgan fingerprint density at radius 2 is 2.15 bits per heavy atom. The standard InChI is InChI=1S/C15H16N2O3/c1-17(2)14(18)8-5-9-19-15-11-6-3-4-7-12(11)20-13(15)10-16/h3-4,6-7H,5,8-9H2,1-2H3. The van der Waals surface area contributed by atoms with Crippen molar-refractivity contribution in [3.05, 3.63) is 30.0 Å². The van der Waals surface area contributed by atoms with Crippen LogP contribution < -0.4 is 4.74 Å². The summed E-state index contributed by atoms with van der Waals surface area (Å²) in [6, 6.07) is 9.33. The molecule has 0 spiro atoms. The van der Waals surface area contributed by atoms with Gasteiger partial charge < -0.3 is 14.1 Å². The summed E-state index contributed by atoms with van der Waals surface area (Å²) in [5.41, 5.74) is 0.628. The Morgan fingerprint density at radius 3 is 2.85 bits per heavy atom. The quantitative estimate of drug-likeness (QED) is 0.784.